The van der Waals surface area contributed by atoms with Gasteiger partial charge in [0, 0.05) is 24.0 Å². The molecule has 0 heterocycles. The lowest BCUT2D eigenvalue weighted by molar-refractivity contribution is -0.144. The predicted octanol–water partition coefficient (Wildman–Crippen LogP) is 8.93. The molecule has 230 valence electrons. The normalized spacial score (nSPS) is 11.9. The zero-order chi connectivity index (χ0) is 30.0. The van der Waals surface area contributed by atoms with Crippen molar-refractivity contribution in [3.63, 3.8) is 0 Å². The number of rotatable bonds is 22. The Hall–Kier alpha value is -2.24. The number of benzene rings is 1. The van der Waals surface area contributed by atoms with E-state index in [1.54, 1.807) is 0 Å². The third-order valence-electron chi connectivity index (χ3n) is 7.74. The number of aromatic hydroxyl groups is 1. The molecule has 40 heavy (non-hydrogen) atoms. The Balaban J connectivity index is 2.77. The molecule has 0 aliphatic rings. The van der Waals surface area contributed by atoms with Crippen LogP contribution in [0.2, 0.25) is 0 Å². The first kappa shape index (κ1) is 35.8. The predicted molar refractivity (Wildman–Crippen MR) is 163 cm³/mol. The Labute approximate surface area is 244 Å². The molecule has 0 bridgehead atoms. The van der Waals surface area contributed by atoms with E-state index in [2.05, 4.69) is 41.5 Å². The molecule has 0 spiro atoms. The van der Waals surface area contributed by atoms with Crippen LogP contribution in [0, 0.1) is 0 Å². The summed E-state index contributed by atoms with van der Waals surface area (Å²) >= 11 is 0. The van der Waals surface area contributed by atoms with E-state index in [0.29, 0.717) is 45.5 Å². The van der Waals surface area contributed by atoms with E-state index in [-0.39, 0.29) is 28.5 Å². The minimum Gasteiger partial charge on any atom is -0.508 e. The van der Waals surface area contributed by atoms with Gasteiger partial charge >= 0.3 is 11.9 Å². The molecule has 1 aromatic rings. The Morgan fingerprint density at radius 1 is 0.675 bits per heavy atom. The summed E-state index contributed by atoms with van der Waals surface area (Å²) in [5.74, 6) is 0.710. The molecule has 1 aromatic carbocycles. The van der Waals surface area contributed by atoms with Gasteiger partial charge in [-0.3, -0.25) is 9.59 Å². The second-order valence-electron chi connectivity index (χ2n) is 12.3. The van der Waals surface area contributed by atoms with Crippen molar-refractivity contribution in [3.05, 3.63) is 23.3 Å². The number of hydrogen-bond donors (Lipinski definition) is 1. The maximum atomic E-state index is 12.2. The molecule has 0 unspecified atom stereocenters. The van der Waals surface area contributed by atoms with E-state index >= 15 is 0 Å². The SMILES string of the molecule is CCCCCCOC(=O)CCCC(C)(C)c1cc(OCC)c(C(C)(C)CCCC(=O)OCCCCCC)cc1O. The molecule has 0 aromatic heterocycles. The minimum atomic E-state index is -0.346. The van der Waals surface area contributed by atoms with Crippen molar-refractivity contribution in [2.45, 2.75) is 149 Å². The van der Waals surface area contributed by atoms with E-state index in [9.17, 15) is 14.7 Å². The highest BCUT2D eigenvalue weighted by atomic mass is 16.5. The molecule has 1 N–H and O–H groups in total. The smallest absolute Gasteiger partial charge is 0.305 e. The second-order valence-corrected chi connectivity index (χ2v) is 12.3. The summed E-state index contributed by atoms with van der Waals surface area (Å²) in [6, 6.07) is 3.80. The van der Waals surface area contributed by atoms with Crippen LogP contribution in [0.25, 0.3) is 0 Å². The van der Waals surface area contributed by atoms with Gasteiger partial charge in [-0.25, -0.2) is 0 Å². The molecular formula is C34H58O6. The number of carbonyl (C=O) groups excluding carboxylic acids is 2. The Morgan fingerprint density at radius 2 is 1.15 bits per heavy atom. The molecule has 0 fully saturated rings. The van der Waals surface area contributed by atoms with Crippen LogP contribution in [0.1, 0.15) is 149 Å². The minimum absolute atomic E-state index is 0.141. The number of esters is 2. The largest absolute Gasteiger partial charge is 0.508 e. The maximum absolute atomic E-state index is 12.2. The van der Waals surface area contributed by atoms with Crippen LogP contribution in [0.15, 0.2) is 12.1 Å². The van der Waals surface area contributed by atoms with E-state index in [4.69, 9.17) is 14.2 Å². The fourth-order valence-electron chi connectivity index (χ4n) is 5.11. The fourth-order valence-corrected chi connectivity index (χ4v) is 5.11. The van der Waals surface area contributed by atoms with Gasteiger partial charge in [-0.1, -0.05) is 80.1 Å². The van der Waals surface area contributed by atoms with Crippen LogP contribution in [-0.2, 0) is 29.9 Å². The quantitative estimate of drug-likeness (QED) is 0.112. The topological polar surface area (TPSA) is 82.1 Å². The summed E-state index contributed by atoms with van der Waals surface area (Å²) in [5.41, 5.74) is 1.11. The molecule has 0 aliphatic heterocycles. The summed E-state index contributed by atoms with van der Waals surface area (Å²) in [5, 5.41) is 11.1. The highest BCUT2D eigenvalue weighted by Gasteiger charge is 2.30. The fraction of sp³-hybridized carbons (Fsp3) is 0.765. The van der Waals surface area contributed by atoms with Gasteiger partial charge < -0.3 is 19.3 Å². The Bertz CT molecular complexity index is 873. The summed E-state index contributed by atoms with van der Waals surface area (Å²) in [4.78, 5) is 24.3. The van der Waals surface area contributed by atoms with Crippen molar-refractivity contribution in [1.82, 2.24) is 0 Å². The first-order chi connectivity index (χ1) is 19.0. The molecule has 0 radical (unpaired) electrons. The number of hydrogen-bond acceptors (Lipinski definition) is 6. The lowest BCUT2D eigenvalue weighted by Crippen LogP contribution is -2.22. The molecule has 0 saturated carbocycles. The average Bonchev–Trinajstić information content (AvgIpc) is 2.89. The average molecular weight is 563 g/mol. The summed E-state index contributed by atoms with van der Waals surface area (Å²) in [6.07, 6.45) is 12.4. The molecule has 1 rings (SSSR count). The maximum Gasteiger partial charge on any atom is 0.305 e. The van der Waals surface area contributed by atoms with Crippen molar-refractivity contribution < 1.29 is 28.9 Å². The second kappa shape index (κ2) is 19.0. The van der Waals surface area contributed by atoms with Gasteiger partial charge in [0.25, 0.3) is 0 Å². The number of ether oxygens (including phenoxy) is 3. The third-order valence-corrected chi connectivity index (χ3v) is 7.74. The van der Waals surface area contributed by atoms with Gasteiger partial charge in [0.2, 0.25) is 0 Å². The molecule has 0 amide bonds. The van der Waals surface area contributed by atoms with Crippen molar-refractivity contribution in [1.29, 1.82) is 0 Å². The van der Waals surface area contributed by atoms with Gasteiger partial charge in [0.1, 0.15) is 11.5 Å². The molecule has 0 saturated heterocycles. The van der Waals surface area contributed by atoms with Gasteiger partial charge in [-0.05, 0) is 68.4 Å². The van der Waals surface area contributed by atoms with Crippen LogP contribution < -0.4 is 4.74 Å². The molecular weight excluding hydrogens is 504 g/mol. The van der Waals surface area contributed by atoms with E-state index < -0.39 is 0 Å². The van der Waals surface area contributed by atoms with Gasteiger partial charge in [-0.15, -0.1) is 0 Å². The van der Waals surface area contributed by atoms with Crippen LogP contribution in [-0.4, -0.2) is 36.9 Å². The van der Waals surface area contributed by atoms with Crippen LogP contribution in [0.5, 0.6) is 11.5 Å². The van der Waals surface area contributed by atoms with Crippen molar-refractivity contribution >= 4 is 11.9 Å². The van der Waals surface area contributed by atoms with E-state index in [1.807, 2.05) is 19.1 Å². The van der Waals surface area contributed by atoms with Gasteiger partial charge in [0.05, 0.1) is 19.8 Å². The standard InChI is InChI=1S/C34H58O6/c1-8-11-13-15-23-39-31(36)19-17-21-33(4,5)27-26-30(38-10-3)28(25-29(27)35)34(6,7)22-18-20-32(37)40-24-16-14-12-9-2/h25-26,35H,8-24H2,1-7H3. The summed E-state index contributed by atoms with van der Waals surface area (Å²) in [6.45, 7) is 16.2. The van der Waals surface area contributed by atoms with Crippen molar-refractivity contribution in [2.75, 3.05) is 19.8 Å². The highest BCUT2D eigenvalue weighted by Crippen LogP contribution is 2.44. The summed E-state index contributed by atoms with van der Waals surface area (Å²) < 4.78 is 16.8. The van der Waals surface area contributed by atoms with Crippen LogP contribution >= 0.6 is 0 Å². The number of phenols is 1. The summed E-state index contributed by atoms with van der Waals surface area (Å²) in [7, 11) is 0. The van der Waals surface area contributed by atoms with E-state index in [0.717, 1.165) is 68.2 Å². The van der Waals surface area contributed by atoms with Crippen molar-refractivity contribution in [2.24, 2.45) is 0 Å². The first-order valence-corrected chi connectivity index (χ1v) is 15.8. The van der Waals surface area contributed by atoms with Crippen LogP contribution in [0.4, 0.5) is 0 Å². The lowest BCUT2D eigenvalue weighted by atomic mass is 9.75. The first-order valence-electron chi connectivity index (χ1n) is 15.8. The number of phenolic OH excluding ortho intramolecular Hbond substituents is 1. The highest BCUT2D eigenvalue weighted by molar-refractivity contribution is 5.69. The monoisotopic (exact) mass is 562 g/mol. The van der Waals surface area contributed by atoms with Gasteiger partial charge in [-0.2, -0.15) is 0 Å². The Kier molecular flexibility index (Phi) is 17.0. The molecule has 0 atom stereocenters. The Morgan fingerprint density at radius 3 is 1.60 bits per heavy atom. The van der Waals surface area contributed by atoms with Gasteiger partial charge in [0.15, 0.2) is 0 Å². The van der Waals surface area contributed by atoms with E-state index in [1.165, 1.54) is 12.8 Å². The molecule has 6 nitrogen and oxygen atoms in total. The molecule has 0 aliphatic carbocycles. The number of unbranched alkanes of at least 4 members (excludes halogenated alkanes) is 6. The molecule has 6 heteroatoms. The van der Waals surface area contributed by atoms with Crippen LogP contribution in [0.3, 0.4) is 0 Å². The zero-order valence-corrected chi connectivity index (χ0v) is 26.7. The lowest BCUT2D eigenvalue weighted by Gasteiger charge is -2.31. The zero-order valence-electron chi connectivity index (χ0n) is 26.7. The number of carbonyl (C=O) groups is 2. The van der Waals surface area contributed by atoms with Crippen molar-refractivity contribution in [3.8, 4) is 11.5 Å². The third kappa shape index (κ3) is 13.4.